The molecule has 0 rings (SSSR count). The van der Waals surface area contributed by atoms with Gasteiger partial charge in [0.2, 0.25) is 5.91 Å². The number of carbonyl (C=O) groups is 3. The Morgan fingerprint density at radius 2 is 2.00 bits per heavy atom. The van der Waals surface area contributed by atoms with E-state index in [4.69, 9.17) is 5.11 Å². The molecule has 0 aliphatic carbocycles. The summed E-state index contributed by atoms with van der Waals surface area (Å²) in [5, 5.41) is 10.7. The average Bonchev–Trinajstić information content (AvgIpc) is 2.02. The number of esters is 1. The molecule has 6 nitrogen and oxygen atoms in total. The van der Waals surface area contributed by atoms with Crippen LogP contribution in [0.1, 0.15) is 20.3 Å². The Labute approximate surface area is 81.2 Å². The van der Waals surface area contributed by atoms with Crippen molar-refractivity contribution in [2.45, 2.75) is 26.3 Å². The second-order valence-corrected chi connectivity index (χ2v) is 2.60. The molecule has 14 heavy (non-hydrogen) atoms. The lowest BCUT2D eigenvalue weighted by Gasteiger charge is -2.11. The van der Waals surface area contributed by atoms with Gasteiger partial charge in [0.15, 0.2) is 0 Å². The average molecular weight is 203 g/mol. The third kappa shape index (κ3) is 5.13. The van der Waals surface area contributed by atoms with Gasteiger partial charge < -0.3 is 15.2 Å². The molecule has 1 atom stereocenters. The summed E-state index contributed by atoms with van der Waals surface area (Å²) in [6.45, 7) is 2.98. The number of amides is 1. The van der Waals surface area contributed by atoms with E-state index in [9.17, 15) is 14.4 Å². The second-order valence-electron chi connectivity index (χ2n) is 2.60. The van der Waals surface area contributed by atoms with Gasteiger partial charge in [0.25, 0.3) is 0 Å². The molecule has 0 spiro atoms. The fourth-order valence-corrected chi connectivity index (χ4v) is 0.832. The van der Waals surface area contributed by atoms with Gasteiger partial charge in [0.05, 0.1) is 13.0 Å². The molecule has 0 aliphatic heterocycles. The van der Waals surface area contributed by atoms with Gasteiger partial charge in [-0.3, -0.25) is 9.59 Å². The van der Waals surface area contributed by atoms with Gasteiger partial charge in [-0.1, -0.05) is 0 Å². The van der Waals surface area contributed by atoms with Crippen molar-refractivity contribution in [1.82, 2.24) is 5.32 Å². The lowest BCUT2D eigenvalue weighted by molar-refractivity contribution is -0.150. The molecule has 2 N–H and O–H groups in total. The molecule has 0 bridgehead atoms. The molecule has 1 unspecified atom stereocenters. The normalized spacial score (nSPS) is 11.6. The van der Waals surface area contributed by atoms with E-state index in [2.05, 4.69) is 10.1 Å². The van der Waals surface area contributed by atoms with Crippen molar-refractivity contribution in [3.63, 3.8) is 0 Å². The minimum absolute atomic E-state index is 0.186. The molecule has 80 valence electrons. The van der Waals surface area contributed by atoms with Crippen LogP contribution in [0.3, 0.4) is 0 Å². The zero-order chi connectivity index (χ0) is 11.1. The van der Waals surface area contributed by atoms with Crippen LogP contribution in [0.15, 0.2) is 0 Å². The maximum absolute atomic E-state index is 10.9. The lowest BCUT2D eigenvalue weighted by Crippen LogP contribution is -2.41. The number of carbonyl (C=O) groups excluding carboxylic acids is 2. The van der Waals surface area contributed by atoms with Gasteiger partial charge in [0, 0.05) is 6.92 Å². The summed E-state index contributed by atoms with van der Waals surface area (Å²) in [5.74, 6) is -2.40. The molecule has 0 radical (unpaired) electrons. The molecule has 0 aliphatic rings. The van der Waals surface area contributed by atoms with Gasteiger partial charge in [-0.25, -0.2) is 4.79 Å². The predicted octanol–water partition coefficient (Wildman–Crippen LogP) is -0.471. The summed E-state index contributed by atoms with van der Waals surface area (Å²) in [6, 6.07) is -1.22. The summed E-state index contributed by atoms with van der Waals surface area (Å²) < 4.78 is 4.55. The van der Waals surface area contributed by atoms with Gasteiger partial charge in [0.1, 0.15) is 6.04 Å². The van der Waals surface area contributed by atoms with Gasteiger partial charge >= 0.3 is 11.9 Å². The number of nitrogens with one attached hydrogen (secondary N) is 1. The van der Waals surface area contributed by atoms with Gasteiger partial charge in [-0.2, -0.15) is 0 Å². The maximum atomic E-state index is 10.9. The second kappa shape index (κ2) is 5.95. The van der Waals surface area contributed by atoms with Crippen LogP contribution in [0.5, 0.6) is 0 Å². The van der Waals surface area contributed by atoms with E-state index >= 15 is 0 Å². The highest BCUT2D eigenvalue weighted by Crippen LogP contribution is 1.95. The van der Waals surface area contributed by atoms with Crippen molar-refractivity contribution in [3.8, 4) is 0 Å². The Kier molecular flexibility index (Phi) is 5.28. The molecule has 6 heteroatoms. The Morgan fingerprint density at radius 3 is 2.36 bits per heavy atom. The number of ether oxygens (including phenoxy) is 1. The van der Waals surface area contributed by atoms with E-state index in [1.165, 1.54) is 6.92 Å². The van der Waals surface area contributed by atoms with Crippen molar-refractivity contribution in [1.29, 1.82) is 0 Å². The first kappa shape index (κ1) is 12.4. The number of aliphatic carboxylic acids is 1. The lowest BCUT2D eigenvalue weighted by atomic mass is 10.2. The van der Waals surface area contributed by atoms with Crippen LogP contribution < -0.4 is 5.32 Å². The zero-order valence-corrected chi connectivity index (χ0v) is 8.07. The number of rotatable bonds is 5. The monoisotopic (exact) mass is 203 g/mol. The first-order chi connectivity index (χ1) is 6.47. The molecule has 0 saturated carbocycles. The van der Waals surface area contributed by atoms with Crippen LogP contribution in [0.2, 0.25) is 0 Å². The number of carboxylic acid groups (broad SMARTS) is 1. The summed E-state index contributed by atoms with van der Waals surface area (Å²) in [5.41, 5.74) is 0. The molecule has 0 aromatic carbocycles. The molecule has 1 amide bonds. The third-order valence-electron chi connectivity index (χ3n) is 1.35. The molecule has 0 aromatic rings. The highest BCUT2D eigenvalue weighted by atomic mass is 16.5. The first-order valence-corrected chi connectivity index (χ1v) is 4.13. The Balaban J connectivity index is 4.16. The summed E-state index contributed by atoms with van der Waals surface area (Å²) in [6.07, 6.45) is -0.358. The summed E-state index contributed by atoms with van der Waals surface area (Å²) in [7, 11) is 0. The van der Waals surface area contributed by atoms with Crippen LogP contribution in [-0.4, -0.2) is 35.6 Å². The zero-order valence-electron chi connectivity index (χ0n) is 8.07. The van der Waals surface area contributed by atoms with Crippen molar-refractivity contribution < 1.29 is 24.2 Å². The van der Waals surface area contributed by atoms with E-state index < -0.39 is 23.9 Å². The minimum atomic E-state index is -1.26. The van der Waals surface area contributed by atoms with Crippen molar-refractivity contribution in [2.24, 2.45) is 0 Å². The molecular weight excluding hydrogens is 190 g/mol. The van der Waals surface area contributed by atoms with Crippen molar-refractivity contribution in [3.05, 3.63) is 0 Å². The number of hydrogen-bond donors (Lipinski definition) is 2. The van der Waals surface area contributed by atoms with Crippen molar-refractivity contribution >= 4 is 17.8 Å². The van der Waals surface area contributed by atoms with E-state index in [1.54, 1.807) is 6.92 Å². The smallest absolute Gasteiger partial charge is 0.326 e. The Hall–Kier alpha value is -1.59. The van der Waals surface area contributed by atoms with E-state index in [0.29, 0.717) is 0 Å². The van der Waals surface area contributed by atoms with Gasteiger partial charge in [-0.05, 0) is 6.92 Å². The first-order valence-electron chi connectivity index (χ1n) is 4.13. The van der Waals surface area contributed by atoms with E-state index in [0.717, 1.165) is 0 Å². The summed E-state index contributed by atoms with van der Waals surface area (Å²) >= 11 is 0. The highest BCUT2D eigenvalue weighted by Gasteiger charge is 2.22. The Bertz CT molecular complexity index is 238. The Morgan fingerprint density at radius 1 is 1.43 bits per heavy atom. The molecular formula is C8H13NO5. The van der Waals surface area contributed by atoms with Crippen molar-refractivity contribution in [2.75, 3.05) is 6.61 Å². The molecule has 0 aromatic heterocycles. The van der Waals surface area contributed by atoms with Gasteiger partial charge in [-0.15, -0.1) is 0 Å². The SMILES string of the molecule is CCOC(=O)CC(NC(C)=O)C(=O)O. The largest absolute Gasteiger partial charge is 0.480 e. The highest BCUT2D eigenvalue weighted by molar-refractivity contribution is 5.86. The summed E-state index contributed by atoms with van der Waals surface area (Å²) in [4.78, 5) is 32.0. The standard InChI is InChI=1S/C8H13NO5/c1-3-14-7(11)4-6(8(12)13)9-5(2)10/h6H,3-4H2,1-2H3,(H,9,10)(H,12,13). The quantitative estimate of drug-likeness (QED) is 0.589. The predicted molar refractivity (Wildman–Crippen MR) is 46.5 cm³/mol. The molecule has 0 heterocycles. The number of hydrogen-bond acceptors (Lipinski definition) is 4. The van der Waals surface area contributed by atoms with E-state index in [1.807, 2.05) is 0 Å². The topological polar surface area (TPSA) is 92.7 Å². The third-order valence-corrected chi connectivity index (χ3v) is 1.35. The van der Waals surface area contributed by atoms with Crippen LogP contribution in [-0.2, 0) is 19.1 Å². The fraction of sp³-hybridized carbons (Fsp3) is 0.625. The number of carboxylic acids is 1. The van der Waals surface area contributed by atoms with Crippen LogP contribution in [0.25, 0.3) is 0 Å². The minimum Gasteiger partial charge on any atom is -0.480 e. The molecule has 0 fully saturated rings. The molecule has 0 saturated heterocycles. The van der Waals surface area contributed by atoms with E-state index in [-0.39, 0.29) is 13.0 Å². The van der Waals surface area contributed by atoms with Crippen LogP contribution >= 0.6 is 0 Å². The van der Waals surface area contributed by atoms with Crippen LogP contribution in [0.4, 0.5) is 0 Å². The maximum Gasteiger partial charge on any atom is 0.326 e. The fourth-order valence-electron chi connectivity index (χ4n) is 0.832. The van der Waals surface area contributed by atoms with Crippen LogP contribution in [0, 0.1) is 0 Å².